The second kappa shape index (κ2) is 5.46. The van der Waals surface area contributed by atoms with E-state index in [4.69, 9.17) is 26.8 Å². The molecule has 0 unspecified atom stereocenters. The lowest BCUT2D eigenvalue weighted by Crippen LogP contribution is -1.97. The summed E-state index contributed by atoms with van der Waals surface area (Å²) in [6, 6.07) is 0. The molecule has 0 saturated heterocycles. The minimum atomic E-state index is 0.253. The highest BCUT2D eigenvalue weighted by Crippen LogP contribution is 2.31. The van der Waals surface area contributed by atoms with E-state index in [-0.39, 0.29) is 5.15 Å². The average molecular weight is 229 g/mol. The first-order chi connectivity index (χ1) is 7.20. The van der Waals surface area contributed by atoms with Crippen molar-refractivity contribution in [2.75, 3.05) is 19.5 Å². The molecule has 82 valence electrons. The van der Waals surface area contributed by atoms with Crippen LogP contribution in [0.2, 0.25) is 5.15 Å². The lowest BCUT2D eigenvalue weighted by Gasteiger charge is -2.07. The molecule has 1 heterocycles. The molecule has 0 aliphatic rings. The van der Waals surface area contributed by atoms with E-state index in [1.165, 1.54) is 7.11 Å². The van der Waals surface area contributed by atoms with E-state index in [9.17, 15) is 0 Å². The van der Waals surface area contributed by atoms with Crippen molar-refractivity contribution in [1.82, 2.24) is 4.98 Å². The molecule has 1 aromatic heterocycles. The molecule has 0 aliphatic heterocycles. The molecule has 2 N–H and O–H groups in total. The van der Waals surface area contributed by atoms with E-state index in [1.54, 1.807) is 18.5 Å². The predicted molar refractivity (Wildman–Crippen MR) is 60.9 cm³/mol. The van der Waals surface area contributed by atoms with Gasteiger partial charge in [-0.3, -0.25) is 0 Å². The molecule has 4 nitrogen and oxygen atoms in total. The van der Waals surface area contributed by atoms with Crippen LogP contribution in [0.15, 0.2) is 12.5 Å². The zero-order valence-electron chi connectivity index (χ0n) is 8.66. The molecule has 0 spiro atoms. The number of ether oxygens (including phenoxy) is 2. The summed E-state index contributed by atoms with van der Waals surface area (Å²) in [5.41, 5.74) is 6.99. The molecule has 0 amide bonds. The number of methoxy groups -OCH3 is 1. The Kier molecular flexibility index (Phi) is 4.24. The number of nitrogens with zero attached hydrogens (tertiary/aromatic N) is 1. The Balaban J connectivity index is 3.00. The molecular formula is C10H13ClN2O2. The summed E-state index contributed by atoms with van der Waals surface area (Å²) >= 11 is 5.79. The standard InChI is InChI=1S/C10H13ClN2O2/c1-3-15-5-4-7-6-13-10(11)9(14-2)8(7)12/h4-6H,3H2,1-2H3,(H2,12,13)/b5-4+. The molecular weight excluding hydrogens is 216 g/mol. The van der Waals surface area contributed by atoms with Crippen molar-refractivity contribution in [1.29, 1.82) is 0 Å². The highest BCUT2D eigenvalue weighted by molar-refractivity contribution is 6.31. The van der Waals surface area contributed by atoms with Gasteiger partial charge in [0.25, 0.3) is 0 Å². The summed E-state index contributed by atoms with van der Waals surface area (Å²) in [7, 11) is 1.50. The van der Waals surface area contributed by atoms with E-state index in [0.29, 0.717) is 23.6 Å². The fraction of sp³-hybridized carbons (Fsp3) is 0.300. The van der Waals surface area contributed by atoms with Crippen molar-refractivity contribution in [2.24, 2.45) is 0 Å². The fourth-order valence-electron chi connectivity index (χ4n) is 1.04. The Morgan fingerprint density at radius 3 is 2.93 bits per heavy atom. The minimum Gasteiger partial charge on any atom is -0.501 e. The van der Waals surface area contributed by atoms with Crippen molar-refractivity contribution in [3.8, 4) is 5.75 Å². The van der Waals surface area contributed by atoms with E-state index in [1.807, 2.05) is 6.92 Å². The lowest BCUT2D eigenvalue weighted by molar-refractivity contribution is 0.272. The third kappa shape index (κ3) is 2.76. The maximum Gasteiger partial charge on any atom is 0.179 e. The number of halogens is 1. The SMILES string of the molecule is CCO/C=C/c1cnc(Cl)c(OC)c1N. The second-order valence-corrected chi connectivity index (χ2v) is 3.07. The van der Waals surface area contributed by atoms with E-state index in [2.05, 4.69) is 4.98 Å². The van der Waals surface area contributed by atoms with Gasteiger partial charge < -0.3 is 15.2 Å². The minimum absolute atomic E-state index is 0.253. The van der Waals surface area contributed by atoms with Crippen LogP contribution in [0.1, 0.15) is 12.5 Å². The smallest absolute Gasteiger partial charge is 0.179 e. The van der Waals surface area contributed by atoms with Crippen molar-refractivity contribution >= 4 is 23.4 Å². The lowest BCUT2D eigenvalue weighted by atomic mass is 10.2. The van der Waals surface area contributed by atoms with E-state index in [0.717, 1.165) is 0 Å². The largest absolute Gasteiger partial charge is 0.501 e. The number of pyridine rings is 1. The zero-order valence-corrected chi connectivity index (χ0v) is 9.41. The molecule has 0 fully saturated rings. The molecule has 1 aromatic rings. The average Bonchev–Trinajstić information content (AvgIpc) is 2.22. The van der Waals surface area contributed by atoms with Gasteiger partial charge in [0.2, 0.25) is 0 Å². The topological polar surface area (TPSA) is 57.4 Å². The Bertz CT molecular complexity index is 367. The number of anilines is 1. The number of nitrogens with two attached hydrogens (primary N) is 1. The number of aromatic nitrogens is 1. The molecule has 0 radical (unpaired) electrons. The normalized spacial score (nSPS) is 10.6. The van der Waals surface area contributed by atoms with Crippen LogP contribution < -0.4 is 10.5 Å². The summed E-state index contributed by atoms with van der Waals surface area (Å²) in [4.78, 5) is 3.94. The monoisotopic (exact) mass is 228 g/mol. The van der Waals surface area contributed by atoms with Gasteiger partial charge in [-0.15, -0.1) is 0 Å². The Hall–Kier alpha value is -1.42. The van der Waals surface area contributed by atoms with Crippen LogP contribution in [-0.4, -0.2) is 18.7 Å². The number of hydrogen-bond donors (Lipinski definition) is 1. The third-order valence-electron chi connectivity index (χ3n) is 1.77. The quantitative estimate of drug-likeness (QED) is 0.635. The van der Waals surface area contributed by atoms with Crippen molar-refractivity contribution in [2.45, 2.75) is 6.92 Å². The first-order valence-corrected chi connectivity index (χ1v) is 4.84. The molecule has 0 saturated carbocycles. The first kappa shape index (κ1) is 11.7. The van der Waals surface area contributed by atoms with Gasteiger partial charge in [-0.1, -0.05) is 11.6 Å². The van der Waals surface area contributed by atoms with Crippen LogP contribution in [0.4, 0.5) is 5.69 Å². The first-order valence-electron chi connectivity index (χ1n) is 4.46. The van der Waals surface area contributed by atoms with Gasteiger partial charge in [-0.25, -0.2) is 4.98 Å². The van der Waals surface area contributed by atoms with E-state index < -0.39 is 0 Å². The summed E-state index contributed by atoms with van der Waals surface area (Å²) in [6.07, 6.45) is 4.83. The molecule has 0 aromatic carbocycles. The fourth-order valence-corrected chi connectivity index (χ4v) is 1.27. The molecule has 0 bridgehead atoms. The maximum absolute atomic E-state index is 5.82. The van der Waals surface area contributed by atoms with Crippen molar-refractivity contribution in [3.63, 3.8) is 0 Å². The molecule has 15 heavy (non-hydrogen) atoms. The van der Waals surface area contributed by atoms with Gasteiger partial charge in [0.1, 0.15) is 0 Å². The maximum atomic E-state index is 5.82. The third-order valence-corrected chi connectivity index (χ3v) is 2.04. The van der Waals surface area contributed by atoms with Crippen LogP contribution in [0.25, 0.3) is 6.08 Å². The van der Waals surface area contributed by atoms with Gasteiger partial charge in [0.15, 0.2) is 10.9 Å². The molecule has 1 rings (SSSR count). The van der Waals surface area contributed by atoms with Crippen LogP contribution in [-0.2, 0) is 4.74 Å². The van der Waals surface area contributed by atoms with E-state index >= 15 is 0 Å². The second-order valence-electron chi connectivity index (χ2n) is 2.71. The summed E-state index contributed by atoms with van der Waals surface area (Å²) in [5.74, 6) is 0.385. The van der Waals surface area contributed by atoms with Gasteiger partial charge >= 0.3 is 0 Å². The zero-order chi connectivity index (χ0) is 11.3. The van der Waals surface area contributed by atoms with Gasteiger partial charge in [-0.2, -0.15) is 0 Å². The van der Waals surface area contributed by atoms with Gasteiger partial charge in [-0.05, 0) is 13.0 Å². The highest BCUT2D eigenvalue weighted by atomic mass is 35.5. The summed E-state index contributed by atoms with van der Waals surface area (Å²) < 4.78 is 10.1. The number of hydrogen-bond acceptors (Lipinski definition) is 4. The molecule has 0 aliphatic carbocycles. The Labute approximate surface area is 93.7 Å². The van der Waals surface area contributed by atoms with Crippen LogP contribution >= 0.6 is 11.6 Å². The summed E-state index contributed by atoms with van der Waals surface area (Å²) in [5, 5.41) is 0.253. The Morgan fingerprint density at radius 2 is 2.33 bits per heavy atom. The number of nitrogen functional groups attached to an aromatic ring is 1. The number of rotatable bonds is 4. The highest BCUT2D eigenvalue weighted by Gasteiger charge is 2.09. The molecule has 0 atom stereocenters. The summed E-state index contributed by atoms with van der Waals surface area (Å²) in [6.45, 7) is 2.50. The molecule has 5 heteroatoms. The van der Waals surface area contributed by atoms with Crippen LogP contribution in [0.3, 0.4) is 0 Å². The van der Waals surface area contributed by atoms with Gasteiger partial charge in [0, 0.05) is 11.8 Å². The Morgan fingerprint density at radius 1 is 1.60 bits per heavy atom. The van der Waals surface area contributed by atoms with Crippen molar-refractivity contribution < 1.29 is 9.47 Å². The van der Waals surface area contributed by atoms with Crippen LogP contribution in [0, 0.1) is 0 Å². The van der Waals surface area contributed by atoms with Gasteiger partial charge in [0.05, 0.1) is 25.7 Å². The van der Waals surface area contributed by atoms with Crippen LogP contribution in [0.5, 0.6) is 5.75 Å². The predicted octanol–water partition coefficient (Wildman–Crippen LogP) is 2.33. The van der Waals surface area contributed by atoms with Crippen molar-refractivity contribution in [3.05, 3.63) is 23.2 Å².